The Labute approximate surface area is 208 Å². The van der Waals surface area contributed by atoms with Crippen LogP contribution in [0.15, 0.2) is 48.5 Å². The van der Waals surface area contributed by atoms with E-state index in [2.05, 4.69) is 11.4 Å². The topological polar surface area (TPSA) is 81.4 Å². The first-order valence-electron chi connectivity index (χ1n) is 11.2. The van der Waals surface area contributed by atoms with Crippen molar-refractivity contribution in [1.29, 1.82) is 5.26 Å². The normalized spacial score (nSPS) is 14.0. The molecule has 3 aromatic rings. The van der Waals surface area contributed by atoms with Gasteiger partial charge < -0.3 is 10.2 Å². The van der Waals surface area contributed by atoms with E-state index in [0.717, 1.165) is 11.3 Å². The minimum atomic E-state index is -0.366. The van der Waals surface area contributed by atoms with E-state index in [1.165, 1.54) is 12.1 Å². The van der Waals surface area contributed by atoms with Crippen LogP contribution in [0.3, 0.4) is 0 Å². The highest BCUT2D eigenvalue weighted by molar-refractivity contribution is 6.30. The van der Waals surface area contributed by atoms with Crippen LogP contribution in [0.5, 0.6) is 0 Å². The first kappa shape index (κ1) is 24.5. The van der Waals surface area contributed by atoms with E-state index in [4.69, 9.17) is 11.6 Å². The molecule has 0 aliphatic carbocycles. The molecular weight excluding hydrogens is 469 g/mol. The van der Waals surface area contributed by atoms with Gasteiger partial charge in [0.2, 0.25) is 5.91 Å². The van der Waals surface area contributed by atoms with Gasteiger partial charge in [-0.3, -0.25) is 19.1 Å². The van der Waals surface area contributed by atoms with Gasteiger partial charge in [0.15, 0.2) is 0 Å². The number of amides is 2. The zero-order valence-electron chi connectivity index (χ0n) is 19.5. The Morgan fingerprint density at radius 3 is 2.26 bits per heavy atom. The number of carbonyl (C=O) groups is 2. The zero-order chi connectivity index (χ0) is 25.1. The first-order chi connectivity index (χ1) is 16.8. The molecule has 0 atom stereocenters. The minimum Gasteiger partial charge on any atom is -0.336 e. The highest BCUT2D eigenvalue weighted by Crippen LogP contribution is 2.30. The van der Waals surface area contributed by atoms with Crippen LogP contribution in [-0.4, -0.2) is 58.9 Å². The highest BCUT2D eigenvalue weighted by atomic mass is 35.5. The molecule has 9 heteroatoms. The van der Waals surface area contributed by atoms with Gasteiger partial charge in [-0.15, -0.1) is 0 Å². The number of hydrogen-bond acceptors (Lipinski definition) is 4. The molecule has 2 amide bonds. The van der Waals surface area contributed by atoms with Crippen molar-refractivity contribution in [2.75, 3.05) is 38.0 Å². The SMILES string of the molecule is Cc1c(C#N)c(NC(=O)CN2CCN(C(=O)c3ccc(Cl)cc3)CC2)n(-c2ccc(F)cc2)c1C. The summed E-state index contributed by atoms with van der Waals surface area (Å²) in [5, 5.41) is 13.2. The predicted octanol–water partition coefficient (Wildman–Crippen LogP) is 4.15. The Morgan fingerprint density at radius 2 is 1.66 bits per heavy atom. The number of hydrogen-bond donors (Lipinski definition) is 1. The Kier molecular flexibility index (Phi) is 7.20. The smallest absolute Gasteiger partial charge is 0.253 e. The predicted molar refractivity (Wildman–Crippen MR) is 132 cm³/mol. The molecule has 1 saturated heterocycles. The van der Waals surface area contributed by atoms with E-state index in [1.807, 2.05) is 18.7 Å². The van der Waals surface area contributed by atoms with Crippen LogP contribution in [0.1, 0.15) is 27.2 Å². The Balaban J connectivity index is 1.43. The minimum absolute atomic E-state index is 0.0625. The molecule has 1 fully saturated rings. The summed E-state index contributed by atoms with van der Waals surface area (Å²) in [5.41, 5.74) is 3.15. The molecule has 0 radical (unpaired) electrons. The average molecular weight is 494 g/mol. The zero-order valence-corrected chi connectivity index (χ0v) is 20.3. The van der Waals surface area contributed by atoms with Crippen LogP contribution >= 0.6 is 11.6 Å². The second kappa shape index (κ2) is 10.3. The molecule has 1 aromatic heterocycles. The van der Waals surface area contributed by atoms with Gasteiger partial charge in [-0.25, -0.2) is 4.39 Å². The van der Waals surface area contributed by atoms with Gasteiger partial charge in [0.05, 0.1) is 12.1 Å². The Bertz CT molecular complexity index is 1290. The van der Waals surface area contributed by atoms with Crippen molar-refractivity contribution < 1.29 is 14.0 Å². The van der Waals surface area contributed by atoms with E-state index in [9.17, 15) is 19.2 Å². The van der Waals surface area contributed by atoms with E-state index >= 15 is 0 Å². The molecule has 0 saturated carbocycles. The fraction of sp³-hybridized carbons (Fsp3) is 0.269. The van der Waals surface area contributed by atoms with Crippen molar-refractivity contribution in [3.8, 4) is 11.8 Å². The number of anilines is 1. The summed E-state index contributed by atoms with van der Waals surface area (Å²) >= 11 is 5.90. The summed E-state index contributed by atoms with van der Waals surface area (Å²) in [6.45, 7) is 5.90. The quantitative estimate of drug-likeness (QED) is 0.579. The lowest BCUT2D eigenvalue weighted by Gasteiger charge is -2.34. The third kappa shape index (κ3) is 5.21. The molecule has 2 heterocycles. The van der Waals surface area contributed by atoms with Crippen LogP contribution in [0.4, 0.5) is 10.2 Å². The summed E-state index contributed by atoms with van der Waals surface area (Å²) in [4.78, 5) is 29.4. The van der Waals surface area contributed by atoms with Crippen molar-refractivity contribution in [2.45, 2.75) is 13.8 Å². The molecule has 180 valence electrons. The number of nitrogens with one attached hydrogen (secondary N) is 1. The Morgan fingerprint density at radius 1 is 1.03 bits per heavy atom. The number of nitriles is 1. The third-order valence-corrected chi connectivity index (χ3v) is 6.54. The van der Waals surface area contributed by atoms with E-state index in [1.54, 1.807) is 45.9 Å². The number of aromatic nitrogens is 1. The van der Waals surface area contributed by atoms with Gasteiger partial charge in [-0.1, -0.05) is 11.6 Å². The number of piperazine rings is 1. The molecule has 35 heavy (non-hydrogen) atoms. The largest absolute Gasteiger partial charge is 0.336 e. The second-order valence-corrected chi connectivity index (χ2v) is 8.92. The fourth-order valence-electron chi connectivity index (χ4n) is 4.23. The summed E-state index contributed by atoms with van der Waals surface area (Å²) in [6.07, 6.45) is 0. The maximum Gasteiger partial charge on any atom is 0.253 e. The van der Waals surface area contributed by atoms with E-state index in [-0.39, 0.29) is 24.2 Å². The molecule has 0 unspecified atom stereocenters. The monoisotopic (exact) mass is 493 g/mol. The van der Waals surface area contributed by atoms with Crippen LogP contribution in [0, 0.1) is 31.0 Å². The molecule has 2 aromatic carbocycles. The number of benzene rings is 2. The molecule has 7 nitrogen and oxygen atoms in total. The molecule has 1 aliphatic heterocycles. The lowest BCUT2D eigenvalue weighted by molar-refractivity contribution is -0.117. The van der Waals surface area contributed by atoms with Gasteiger partial charge in [0.1, 0.15) is 17.7 Å². The van der Waals surface area contributed by atoms with Crippen molar-refractivity contribution in [2.24, 2.45) is 0 Å². The number of rotatable bonds is 5. The number of halogens is 2. The van der Waals surface area contributed by atoms with Crippen molar-refractivity contribution in [3.05, 3.63) is 81.8 Å². The van der Waals surface area contributed by atoms with E-state index < -0.39 is 0 Å². The fourth-order valence-corrected chi connectivity index (χ4v) is 4.36. The summed E-state index contributed by atoms with van der Waals surface area (Å²) < 4.78 is 15.2. The maximum atomic E-state index is 13.4. The molecule has 1 N–H and O–H groups in total. The molecular formula is C26H25ClFN5O2. The molecule has 4 rings (SSSR count). The Hall–Kier alpha value is -3.67. The van der Waals surface area contributed by atoms with Crippen LogP contribution in [0.2, 0.25) is 5.02 Å². The summed E-state index contributed by atoms with van der Waals surface area (Å²) in [5.74, 6) is -0.321. The third-order valence-electron chi connectivity index (χ3n) is 6.29. The highest BCUT2D eigenvalue weighted by Gasteiger charge is 2.25. The van der Waals surface area contributed by atoms with E-state index in [0.29, 0.717) is 53.8 Å². The van der Waals surface area contributed by atoms with Gasteiger partial charge >= 0.3 is 0 Å². The summed E-state index contributed by atoms with van der Waals surface area (Å²) in [6, 6.07) is 14.9. The first-order valence-corrected chi connectivity index (χ1v) is 11.6. The van der Waals surface area contributed by atoms with Gasteiger partial charge in [-0.2, -0.15) is 5.26 Å². The van der Waals surface area contributed by atoms with Crippen LogP contribution in [0.25, 0.3) is 5.69 Å². The average Bonchev–Trinajstić information content (AvgIpc) is 3.08. The van der Waals surface area contributed by atoms with Gasteiger partial charge in [0.25, 0.3) is 5.91 Å². The molecule has 0 spiro atoms. The van der Waals surface area contributed by atoms with Crippen LogP contribution in [-0.2, 0) is 4.79 Å². The second-order valence-electron chi connectivity index (χ2n) is 8.48. The molecule has 1 aliphatic rings. The summed E-state index contributed by atoms with van der Waals surface area (Å²) in [7, 11) is 0. The lowest BCUT2D eigenvalue weighted by atomic mass is 10.2. The number of nitrogens with zero attached hydrogens (tertiary/aromatic N) is 4. The van der Waals surface area contributed by atoms with Crippen molar-refractivity contribution >= 4 is 29.2 Å². The van der Waals surface area contributed by atoms with Crippen molar-refractivity contribution in [3.63, 3.8) is 0 Å². The lowest BCUT2D eigenvalue weighted by Crippen LogP contribution is -2.50. The van der Waals surface area contributed by atoms with Gasteiger partial charge in [-0.05, 0) is 67.9 Å². The maximum absolute atomic E-state index is 13.4. The van der Waals surface area contributed by atoms with Gasteiger partial charge in [0, 0.05) is 48.1 Å². The van der Waals surface area contributed by atoms with Crippen LogP contribution < -0.4 is 5.32 Å². The van der Waals surface area contributed by atoms with Crippen molar-refractivity contribution in [1.82, 2.24) is 14.4 Å². The number of carbonyl (C=O) groups excluding carboxylic acids is 2. The standard InChI is InChI=1S/C26H25ClFN5O2/c1-17-18(2)33(22-9-7-21(28)8-10-22)25(23(17)15-29)30-24(34)16-31-11-13-32(14-12-31)26(35)19-3-5-20(27)6-4-19/h3-10H,11-14,16H2,1-2H3,(H,30,34). The molecule has 0 bridgehead atoms.